The standard InChI is InChI=1S/C15H16O3/c1-12(16)11-17-14-8-5-9-15(10-14)18-13-6-3-2-4-7-13/h2-10,12,16H,11H2,1H3. The Labute approximate surface area is 107 Å². The summed E-state index contributed by atoms with van der Waals surface area (Å²) >= 11 is 0. The van der Waals surface area contributed by atoms with E-state index in [4.69, 9.17) is 14.6 Å². The van der Waals surface area contributed by atoms with Crippen molar-refractivity contribution in [1.82, 2.24) is 0 Å². The van der Waals surface area contributed by atoms with Gasteiger partial charge in [-0.2, -0.15) is 0 Å². The van der Waals surface area contributed by atoms with Gasteiger partial charge in [0.05, 0.1) is 6.10 Å². The summed E-state index contributed by atoms with van der Waals surface area (Å²) in [5.41, 5.74) is 0. The van der Waals surface area contributed by atoms with E-state index in [1.165, 1.54) is 0 Å². The first-order chi connectivity index (χ1) is 8.74. The number of rotatable bonds is 5. The van der Waals surface area contributed by atoms with Crippen molar-refractivity contribution >= 4 is 0 Å². The number of benzene rings is 2. The third-order valence-electron chi connectivity index (χ3n) is 2.28. The van der Waals surface area contributed by atoms with Crippen LogP contribution >= 0.6 is 0 Å². The van der Waals surface area contributed by atoms with Gasteiger partial charge in [0.2, 0.25) is 0 Å². The molecule has 0 saturated heterocycles. The van der Waals surface area contributed by atoms with E-state index >= 15 is 0 Å². The number of aliphatic hydroxyl groups excluding tert-OH is 1. The molecule has 3 heteroatoms. The maximum Gasteiger partial charge on any atom is 0.131 e. The Morgan fingerprint density at radius 2 is 1.61 bits per heavy atom. The molecule has 1 N–H and O–H groups in total. The van der Waals surface area contributed by atoms with Crippen molar-refractivity contribution < 1.29 is 14.6 Å². The van der Waals surface area contributed by atoms with Crippen molar-refractivity contribution in [3.63, 3.8) is 0 Å². The molecular weight excluding hydrogens is 228 g/mol. The van der Waals surface area contributed by atoms with Crippen LogP contribution in [0.1, 0.15) is 6.92 Å². The largest absolute Gasteiger partial charge is 0.491 e. The lowest BCUT2D eigenvalue weighted by atomic mass is 10.3. The summed E-state index contributed by atoms with van der Waals surface area (Å²) in [7, 11) is 0. The van der Waals surface area contributed by atoms with Crippen molar-refractivity contribution in [1.29, 1.82) is 0 Å². The van der Waals surface area contributed by atoms with Crippen molar-refractivity contribution in [2.24, 2.45) is 0 Å². The molecule has 3 nitrogen and oxygen atoms in total. The topological polar surface area (TPSA) is 38.7 Å². The first kappa shape index (κ1) is 12.5. The van der Waals surface area contributed by atoms with E-state index in [2.05, 4.69) is 0 Å². The molecular formula is C15H16O3. The zero-order valence-corrected chi connectivity index (χ0v) is 10.2. The molecule has 2 aromatic rings. The SMILES string of the molecule is CC(O)COc1cccc(Oc2ccccc2)c1. The van der Waals surface area contributed by atoms with Gasteiger partial charge < -0.3 is 14.6 Å². The molecule has 0 aliphatic rings. The summed E-state index contributed by atoms with van der Waals surface area (Å²) in [6.45, 7) is 1.96. The van der Waals surface area contributed by atoms with Gasteiger partial charge in [-0.3, -0.25) is 0 Å². The summed E-state index contributed by atoms with van der Waals surface area (Å²) < 4.78 is 11.1. The van der Waals surface area contributed by atoms with Gasteiger partial charge in [0, 0.05) is 6.07 Å². The highest BCUT2D eigenvalue weighted by Gasteiger charge is 2.01. The molecule has 94 valence electrons. The minimum atomic E-state index is -0.483. The minimum Gasteiger partial charge on any atom is -0.491 e. The highest BCUT2D eigenvalue weighted by atomic mass is 16.5. The first-order valence-corrected chi connectivity index (χ1v) is 5.88. The minimum absolute atomic E-state index is 0.273. The van der Waals surface area contributed by atoms with Gasteiger partial charge in [0.1, 0.15) is 23.9 Å². The van der Waals surface area contributed by atoms with E-state index in [9.17, 15) is 0 Å². The Bertz CT molecular complexity index is 480. The molecule has 0 fully saturated rings. The third-order valence-corrected chi connectivity index (χ3v) is 2.28. The van der Waals surface area contributed by atoms with Crippen molar-refractivity contribution in [2.45, 2.75) is 13.0 Å². The van der Waals surface area contributed by atoms with Crippen LogP contribution in [-0.4, -0.2) is 17.8 Å². The second kappa shape index (κ2) is 6.07. The van der Waals surface area contributed by atoms with Gasteiger partial charge in [0.15, 0.2) is 0 Å². The lowest BCUT2D eigenvalue weighted by Crippen LogP contribution is -2.12. The van der Waals surface area contributed by atoms with Crippen LogP contribution in [0, 0.1) is 0 Å². The van der Waals surface area contributed by atoms with Crippen LogP contribution in [0.5, 0.6) is 17.2 Å². The summed E-state index contributed by atoms with van der Waals surface area (Å²) in [5.74, 6) is 2.18. The average Bonchev–Trinajstić information content (AvgIpc) is 2.38. The highest BCUT2D eigenvalue weighted by molar-refractivity contribution is 5.36. The Balaban J connectivity index is 2.03. The fourth-order valence-corrected chi connectivity index (χ4v) is 1.47. The molecule has 0 heterocycles. The van der Waals surface area contributed by atoms with Gasteiger partial charge in [-0.05, 0) is 31.2 Å². The molecule has 18 heavy (non-hydrogen) atoms. The van der Waals surface area contributed by atoms with Gasteiger partial charge in [0.25, 0.3) is 0 Å². The van der Waals surface area contributed by atoms with Crippen LogP contribution in [0.3, 0.4) is 0 Å². The Morgan fingerprint density at radius 3 is 2.33 bits per heavy atom. The number of aliphatic hydroxyl groups is 1. The van der Waals surface area contributed by atoms with Gasteiger partial charge in [-0.25, -0.2) is 0 Å². The van der Waals surface area contributed by atoms with E-state index in [0.717, 1.165) is 5.75 Å². The quantitative estimate of drug-likeness (QED) is 0.877. The zero-order chi connectivity index (χ0) is 12.8. The molecule has 1 unspecified atom stereocenters. The Hall–Kier alpha value is -2.00. The molecule has 0 aliphatic heterocycles. The van der Waals surface area contributed by atoms with Crippen LogP contribution in [0.2, 0.25) is 0 Å². The Morgan fingerprint density at radius 1 is 0.944 bits per heavy atom. The van der Waals surface area contributed by atoms with Crippen LogP contribution in [-0.2, 0) is 0 Å². The summed E-state index contributed by atoms with van der Waals surface area (Å²) in [6.07, 6.45) is -0.483. The maximum atomic E-state index is 9.16. The molecule has 0 spiro atoms. The van der Waals surface area contributed by atoms with Crippen LogP contribution in [0.4, 0.5) is 0 Å². The van der Waals surface area contributed by atoms with Crippen LogP contribution < -0.4 is 9.47 Å². The van der Waals surface area contributed by atoms with E-state index in [0.29, 0.717) is 11.5 Å². The fraction of sp³-hybridized carbons (Fsp3) is 0.200. The fourth-order valence-electron chi connectivity index (χ4n) is 1.47. The normalized spacial score (nSPS) is 11.9. The number of ether oxygens (including phenoxy) is 2. The predicted molar refractivity (Wildman–Crippen MR) is 70.1 cm³/mol. The molecule has 2 aromatic carbocycles. The number of hydrogen-bond acceptors (Lipinski definition) is 3. The van der Waals surface area contributed by atoms with Crippen LogP contribution in [0.15, 0.2) is 54.6 Å². The first-order valence-electron chi connectivity index (χ1n) is 5.88. The lowest BCUT2D eigenvalue weighted by molar-refractivity contribution is 0.122. The second-order valence-corrected chi connectivity index (χ2v) is 4.05. The monoisotopic (exact) mass is 244 g/mol. The molecule has 0 radical (unpaired) electrons. The molecule has 2 rings (SSSR count). The van der Waals surface area contributed by atoms with Gasteiger partial charge in [-0.15, -0.1) is 0 Å². The van der Waals surface area contributed by atoms with Gasteiger partial charge in [-0.1, -0.05) is 24.3 Å². The van der Waals surface area contributed by atoms with Crippen molar-refractivity contribution in [3.05, 3.63) is 54.6 Å². The van der Waals surface area contributed by atoms with Gasteiger partial charge >= 0.3 is 0 Å². The Kier molecular flexibility index (Phi) is 4.20. The number of para-hydroxylation sites is 1. The van der Waals surface area contributed by atoms with E-state index in [1.54, 1.807) is 13.0 Å². The lowest BCUT2D eigenvalue weighted by Gasteiger charge is -2.10. The second-order valence-electron chi connectivity index (χ2n) is 4.05. The van der Waals surface area contributed by atoms with Crippen molar-refractivity contribution in [3.8, 4) is 17.2 Å². The summed E-state index contributed by atoms with van der Waals surface area (Å²) in [4.78, 5) is 0. The smallest absolute Gasteiger partial charge is 0.131 e. The molecule has 0 amide bonds. The third kappa shape index (κ3) is 3.79. The van der Waals surface area contributed by atoms with E-state index in [-0.39, 0.29) is 6.61 Å². The summed E-state index contributed by atoms with van der Waals surface area (Å²) in [6, 6.07) is 16.9. The van der Waals surface area contributed by atoms with E-state index < -0.39 is 6.10 Å². The maximum absolute atomic E-state index is 9.16. The zero-order valence-electron chi connectivity index (χ0n) is 10.2. The van der Waals surface area contributed by atoms with Crippen molar-refractivity contribution in [2.75, 3.05) is 6.61 Å². The molecule has 0 bridgehead atoms. The molecule has 0 saturated carbocycles. The molecule has 0 aliphatic carbocycles. The van der Waals surface area contributed by atoms with E-state index in [1.807, 2.05) is 48.5 Å². The number of hydrogen-bond donors (Lipinski definition) is 1. The molecule has 1 atom stereocenters. The van der Waals surface area contributed by atoms with Crippen LogP contribution in [0.25, 0.3) is 0 Å². The summed E-state index contributed by atoms with van der Waals surface area (Å²) in [5, 5.41) is 9.16. The predicted octanol–water partition coefficient (Wildman–Crippen LogP) is 3.24. The highest BCUT2D eigenvalue weighted by Crippen LogP contribution is 2.24. The molecule has 0 aromatic heterocycles. The average molecular weight is 244 g/mol.